The third-order valence-electron chi connectivity index (χ3n) is 4.10. The summed E-state index contributed by atoms with van der Waals surface area (Å²) in [7, 11) is 0. The van der Waals surface area contributed by atoms with Crippen LogP contribution in [0, 0.1) is 0 Å². The van der Waals surface area contributed by atoms with Crippen molar-refractivity contribution in [3.8, 4) is 0 Å². The molecule has 3 rings (SSSR count). The lowest BCUT2D eigenvalue weighted by Crippen LogP contribution is -2.11. The van der Waals surface area contributed by atoms with Gasteiger partial charge in [0.15, 0.2) is 0 Å². The van der Waals surface area contributed by atoms with E-state index >= 15 is 0 Å². The Morgan fingerprint density at radius 3 is 2.68 bits per heavy atom. The van der Waals surface area contributed by atoms with Crippen LogP contribution < -0.4 is 5.73 Å². The summed E-state index contributed by atoms with van der Waals surface area (Å²) in [4.78, 5) is 15.7. The fourth-order valence-corrected chi connectivity index (χ4v) is 3.09. The maximum Gasteiger partial charge on any atom is 0.248 e. The van der Waals surface area contributed by atoms with Crippen molar-refractivity contribution >= 4 is 16.8 Å². The van der Waals surface area contributed by atoms with Crippen LogP contribution in [-0.4, -0.2) is 10.9 Å². The molecule has 0 aliphatic heterocycles. The van der Waals surface area contributed by atoms with Gasteiger partial charge in [0.25, 0.3) is 0 Å². The van der Waals surface area contributed by atoms with Crippen LogP contribution in [0.25, 0.3) is 10.9 Å². The van der Waals surface area contributed by atoms with E-state index < -0.39 is 0 Å². The van der Waals surface area contributed by atoms with E-state index in [0.717, 1.165) is 10.9 Å². The van der Waals surface area contributed by atoms with E-state index in [0.29, 0.717) is 11.5 Å². The van der Waals surface area contributed by atoms with Gasteiger partial charge in [-0.2, -0.15) is 0 Å². The molecule has 1 saturated carbocycles. The van der Waals surface area contributed by atoms with E-state index in [1.807, 2.05) is 18.3 Å². The normalized spacial score (nSPS) is 16.6. The second kappa shape index (κ2) is 5.00. The van der Waals surface area contributed by atoms with Crippen LogP contribution in [0.2, 0.25) is 0 Å². The number of nitrogens with two attached hydrogens (primary N) is 1. The van der Waals surface area contributed by atoms with Crippen molar-refractivity contribution in [1.82, 2.24) is 4.98 Å². The van der Waals surface area contributed by atoms with Gasteiger partial charge in [0, 0.05) is 17.1 Å². The highest BCUT2D eigenvalue weighted by Gasteiger charge is 2.18. The van der Waals surface area contributed by atoms with Crippen LogP contribution in [0.5, 0.6) is 0 Å². The molecule has 0 atom stereocenters. The first-order valence-electron chi connectivity index (χ1n) is 6.94. The minimum Gasteiger partial charge on any atom is -0.366 e. The summed E-state index contributed by atoms with van der Waals surface area (Å²) in [6, 6.07) is 7.64. The second-order valence-electron chi connectivity index (χ2n) is 5.33. The summed E-state index contributed by atoms with van der Waals surface area (Å²) in [6.07, 6.45) is 8.27. The van der Waals surface area contributed by atoms with Gasteiger partial charge < -0.3 is 5.73 Å². The van der Waals surface area contributed by atoms with Crippen LogP contribution in [0.3, 0.4) is 0 Å². The molecule has 1 aromatic carbocycles. The first-order chi connectivity index (χ1) is 9.25. The number of primary amides is 1. The summed E-state index contributed by atoms with van der Waals surface area (Å²) in [5.41, 5.74) is 8.22. The molecule has 0 bridgehead atoms. The summed E-state index contributed by atoms with van der Waals surface area (Å²) in [5.74, 6) is 0.225. The third-order valence-corrected chi connectivity index (χ3v) is 4.10. The molecule has 98 valence electrons. The number of amides is 1. The number of rotatable bonds is 2. The minimum absolute atomic E-state index is 0.375. The average molecular weight is 254 g/mol. The molecule has 0 spiro atoms. The molecule has 1 fully saturated rings. The van der Waals surface area contributed by atoms with Crippen LogP contribution in [0.4, 0.5) is 0 Å². The molecule has 0 unspecified atom stereocenters. The van der Waals surface area contributed by atoms with Crippen molar-refractivity contribution < 1.29 is 4.79 Å². The maximum atomic E-state index is 11.3. The summed E-state index contributed by atoms with van der Waals surface area (Å²) >= 11 is 0. The van der Waals surface area contributed by atoms with E-state index in [9.17, 15) is 4.79 Å². The second-order valence-corrected chi connectivity index (χ2v) is 5.33. The first-order valence-corrected chi connectivity index (χ1v) is 6.94. The number of pyridine rings is 1. The lowest BCUT2D eigenvalue weighted by molar-refractivity contribution is 0.100. The first kappa shape index (κ1) is 12.2. The molecule has 3 heteroatoms. The summed E-state index contributed by atoms with van der Waals surface area (Å²) in [5, 5.41) is 1.09. The predicted molar refractivity (Wildman–Crippen MR) is 76.1 cm³/mol. The van der Waals surface area contributed by atoms with Crippen molar-refractivity contribution in [2.24, 2.45) is 5.73 Å². The van der Waals surface area contributed by atoms with Crippen molar-refractivity contribution in [3.63, 3.8) is 0 Å². The van der Waals surface area contributed by atoms with Gasteiger partial charge in [-0.25, -0.2) is 0 Å². The van der Waals surface area contributed by atoms with Gasteiger partial charge in [0.05, 0.1) is 5.52 Å². The molecule has 2 aromatic rings. The van der Waals surface area contributed by atoms with Crippen LogP contribution in [0.1, 0.15) is 53.9 Å². The third kappa shape index (κ3) is 2.33. The molecule has 1 aromatic heterocycles. The van der Waals surface area contributed by atoms with Crippen molar-refractivity contribution in [3.05, 3.63) is 41.6 Å². The van der Waals surface area contributed by atoms with E-state index in [-0.39, 0.29) is 5.91 Å². The van der Waals surface area contributed by atoms with E-state index in [2.05, 4.69) is 11.1 Å². The number of hydrogen-bond acceptors (Lipinski definition) is 2. The van der Waals surface area contributed by atoms with Gasteiger partial charge in [0.1, 0.15) is 0 Å². The van der Waals surface area contributed by atoms with Gasteiger partial charge in [-0.1, -0.05) is 19.3 Å². The molecular weight excluding hydrogens is 236 g/mol. The topological polar surface area (TPSA) is 56.0 Å². The molecule has 19 heavy (non-hydrogen) atoms. The Balaban J connectivity index is 2.11. The molecule has 3 nitrogen and oxygen atoms in total. The molecule has 1 heterocycles. The van der Waals surface area contributed by atoms with Gasteiger partial charge >= 0.3 is 0 Å². The van der Waals surface area contributed by atoms with E-state index in [1.54, 1.807) is 6.07 Å². The highest BCUT2D eigenvalue weighted by molar-refractivity contribution is 5.97. The highest BCUT2D eigenvalue weighted by atomic mass is 16.1. The zero-order chi connectivity index (χ0) is 13.2. The lowest BCUT2D eigenvalue weighted by Gasteiger charge is -2.23. The van der Waals surface area contributed by atoms with Crippen molar-refractivity contribution in [1.29, 1.82) is 0 Å². The molecule has 1 aliphatic carbocycles. The Morgan fingerprint density at radius 1 is 1.16 bits per heavy atom. The number of aromatic nitrogens is 1. The molecule has 2 N–H and O–H groups in total. The molecule has 0 saturated heterocycles. The number of benzene rings is 1. The van der Waals surface area contributed by atoms with E-state index in [4.69, 9.17) is 5.73 Å². The number of carbonyl (C=O) groups excluding carboxylic acids is 1. The lowest BCUT2D eigenvalue weighted by atomic mass is 9.82. The Morgan fingerprint density at radius 2 is 1.95 bits per heavy atom. The zero-order valence-corrected chi connectivity index (χ0v) is 10.9. The number of nitrogens with zero attached hydrogens (tertiary/aromatic N) is 1. The Bertz CT molecular complexity index is 615. The Kier molecular flexibility index (Phi) is 3.20. The summed E-state index contributed by atoms with van der Waals surface area (Å²) in [6.45, 7) is 0. The molecule has 1 aliphatic rings. The monoisotopic (exact) mass is 254 g/mol. The predicted octanol–water partition coefficient (Wildman–Crippen LogP) is 3.38. The van der Waals surface area contributed by atoms with E-state index in [1.165, 1.54) is 37.7 Å². The Hall–Kier alpha value is -1.90. The largest absolute Gasteiger partial charge is 0.366 e. The van der Waals surface area contributed by atoms with Gasteiger partial charge in [0.2, 0.25) is 5.91 Å². The van der Waals surface area contributed by atoms with Crippen LogP contribution in [-0.2, 0) is 0 Å². The van der Waals surface area contributed by atoms with Gasteiger partial charge in [-0.3, -0.25) is 9.78 Å². The van der Waals surface area contributed by atoms with Crippen LogP contribution in [0.15, 0.2) is 30.5 Å². The van der Waals surface area contributed by atoms with Gasteiger partial charge in [-0.15, -0.1) is 0 Å². The standard InChI is InChI=1S/C16H18N2O/c17-16(19)12-6-7-15-14(10-12)13(8-9-18-15)11-4-2-1-3-5-11/h6-11H,1-5H2,(H2,17,19). The zero-order valence-electron chi connectivity index (χ0n) is 10.9. The quantitative estimate of drug-likeness (QED) is 0.893. The molecule has 1 amide bonds. The van der Waals surface area contributed by atoms with Crippen molar-refractivity contribution in [2.45, 2.75) is 38.0 Å². The minimum atomic E-state index is -0.375. The Labute approximate surface area is 112 Å². The van der Waals surface area contributed by atoms with Crippen molar-refractivity contribution in [2.75, 3.05) is 0 Å². The highest BCUT2D eigenvalue weighted by Crippen LogP contribution is 2.35. The van der Waals surface area contributed by atoms with Gasteiger partial charge in [-0.05, 0) is 48.6 Å². The fourth-order valence-electron chi connectivity index (χ4n) is 3.09. The fraction of sp³-hybridized carbons (Fsp3) is 0.375. The SMILES string of the molecule is NC(=O)c1ccc2nccc(C3CCCCC3)c2c1. The number of fused-ring (bicyclic) bond motifs is 1. The molecular formula is C16H18N2O. The number of hydrogen-bond donors (Lipinski definition) is 1. The summed E-state index contributed by atoms with van der Waals surface area (Å²) < 4.78 is 0. The molecule has 0 radical (unpaired) electrons. The smallest absolute Gasteiger partial charge is 0.248 e. The van der Waals surface area contributed by atoms with Crippen LogP contribution >= 0.6 is 0 Å². The number of carbonyl (C=O) groups is 1. The average Bonchev–Trinajstić information content (AvgIpc) is 2.47. The maximum absolute atomic E-state index is 11.3.